The van der Waals surface area contributed by atoms with E-state index in [4.69, 9.17) is 4.74 Å². The van der Waals surface area contributed by atoms with E-state index in [9.17, 15) is 9.00 Å². The second kappa shape index (κ2) is 32.1. The van der Waals surface area contributed by atoms with E-state index < -0.39 is 9.71 Å². The lowest BCUT2D eigenvalue weighted by Crippen LogP contribution is -2.54. The second-order valence-corrected chi connectivity index (χ2v) is 20.6. The highest BCUT2D eigenvalue weighted by molar-refractivity contribution is 8.04. The van der Waals surface area contributed by atoms with Crippen LogP contribution in [0.5, 0.6) is 0 Å². The Bertz CT molecular complexity index is 1140. The highest BCUT2D eigenvalue weighted by Gasteiger charge is 2.31. The van der Waals surface area contributed by atoms with Crippen LogP contribution in [0.4, 0.5) is 0 Å². The van der Waals surface area contributed by atoms with Crippen LogP contribution in [0.25, 0.3) is 0 Å². The van der Waals surface area contributed by atoms with E-state index in [1.54, 1.807) is 11.8 Å². The summed E-state index contributed by atoms with van der Waals surface area (Å²) in [5.74, 6) is 4.58. The molecular formula is C46H86N8O3S2. The van der Waals surface area contributed by atoms with E-state index in [1.165, 1.54) is 155 Å². The number of piperidine rings is 5. The molecule has 10 saturated heterocycles. The molecule has 6 N–H and O–H groups in total. The molecule has 0 saturated carbocycles. The molecule has 340 valence electrons. The van der Waals surface area contributed by atoms with Crippen LogP contribution in [0.3, 0.4) is 0 Å². The summed E-state index contributed by atoms with van der Waals surface area (Å²) < 4.78 is 19.6. The minimum atomic E-state index is -1.87. The van der Waals surface area contributed by atoms with Crippen molar-refractivity contribution >= 4 is 33.2 Å². The number of thioether (sulfide) groups is 1. The van der Waals surface area contributed by atoms with E-state index in [2.05, 4.69) is 53.1 Å². The van der Waals surface area contributed by atoms with E-state index in [1.807, 2.05) is 29.4 Å². The molecule has 11 nitrogen and oxygen atoms in total. The summed E-state index contributed by atoms with van der Waals surface area (Å²) in [7, 11) is -1.87. The average molecular weight is 863 g/mol. The fraction of sp³-hybridized carbons (Fsp3) is 0.826. The SMILES string of the molecule is C1=CNCCC1.C1=CSC=CN1.C1CC2CCC1O2.C1CCN2CCCCC2C1.C1CCNCC1.C1CN2CCC1NC2.C=S1(=O)CCCCCN1.O=C1CCCCN1. The predicted octanol–water partition coefficient (Wildman–Crippen LogP) is 6.95. The summed E-state index contributed by atoms with van der Waals surface area (Å²) in [6.07, 6.45) is 39.4. The molecule has 12 aliphatic heterocycles. The summed E-state index contributed by atoms with van der Waals surface area (Å²) in [5, 5.41) is 19.5. The molecule has 12 aliphatic rings. The normalized spacial score (nSPS) is 31.4. The fourth-order valence-electron chi connectivity index (χ4n) is 8.83. The minimum absolute atomic E-state index is 0.214. The zero-order valence-corrected chi connectivity index (χ0v) is 38.6. The molecular weight excluding hydrogens is 777 g/mol. The van der Waals surface area contributed by atoms with Crippen molar-refractivity contribution in [3.8, 4) is 0 Å². The topological polar surface area (TPSA) is 122 Å². The minimum Gasteiger partial charge on any atom is -0.391 e. The van der Waals surface area contributed by atoms with Crippen molar-refractivity contribution in [1.29, 1.82) is 0 Å². The zero-order chi connectivity index (χ0) is 41.5. The lowest BCUT2D eigenvalue weighted by atomic mass is 9.93. The van der Waals surface area contributed by atoms with Crippen LogP contribution in [0.2, 0.25) is 0 Å². The number of nitrogens with zero attached hydrogens (tertiary/aromatic N) is 2. The fourth-order valence-corrected chi connectivity index (χ4v) is 10.6. The van der Waals surface area contributed by atoms with E-state index >= 15 is 0 Å². The van der Waals surface area contributed by atoms with Crippen LogP contribution in [-0.4, -0.2) is 121 Å². The van der Waals surface area contributed by atoms with Gasteiger partial charge in [0.1, 0.15) is 0 Å². The van der Waals surface area contributed by atoms with Crippen LogP contribution < -0.4 is 31.3 Å². The summed E-state index contributed by atoms with van der Waals surface area (Å²) in [5.41, 5.74) is 0. The summed E-state index contributed by atoms with van der Waals surface area (Å²) >= 11 is 1.67. The molecule has 4 bridgehead atoms. The molecule has 12 heterocycles. The Kier molecular flexibility index (Phi) is 27.3. The van der Waals surface area contributed by atoms with Crippen molar-refractivity contribution in [3.05, 3.63) is 35.5 Å². The van der Waals surface area contributed by atoms with E-state index in [0.29, 0.717) is 12.2 Å². The Balaban J connectivity index is 0.000000150. The summed E-state index contributed by atoms with van der Waals surface area (Å²) in [6, 6.07) is 1.85. The standard InChI is InChI=1S/C9H17N.C6H12N2.C6H13NOS.C6H10O.C5H9NO.C5H11N.C5H9N.C4H5NS/c1-3-7-10-8-4-2-6-9(10)5-1;1-3-8-4-2-6(1)7-5-8;1-9(8)6-4-2-3-5-7-9;1-2-6-4-3-5(1)7-6;7-5-3-1-2-4-6-5;2*1-2-4-6-5-3-1;1-3-6-4-2-5-1/h9H,1-8H2;6-7H,1-5H2;1-6H2,(H,7,8);5-6H,1-4H2;1-4H2,(H,6,7);6H,1-5H2;2,4,6H,1,3,5H2;1-5H. The number of carbonyl (C=O) groups is 1. The molecule has 0 aromatic carbocycles. The number of allylic oxidation sites excluding steroid dienone is 1. The first kappa shape index (κ1) is 50.1. The molecule has 13 heteroatoms. The smallest absolute Gasteiger partial charge is 0.219 e. The maximum Gasteiger partial charge on any atom is 0.219 e. The zero-order valence-electron chi connectivity index (χ0n) is 37.0. The van der Waals surface area contributed by atoms with E-state index in [0.717, 1.165) is 76.2 Å². The number of carbonyl (C=O) groups excluding carboxylic acids is 1. The van der Waals surface area contributed by atoms with Crippen LogP contribution in [-0.2, 0) is 19.2 Å². The first-order valence-electron chi connectivity index (χ1n) is 24.0. The quantitative estimate of drug-likeness (QED) is 0.143. The van der Waals surface area contributed by atoms with Crippen LogP contribution in [0.15, 0.2) is 35.5 Å². The summed E-state index contributed by atoms with van der Waals surface area (Å²) in [6.45, 7) is 12.0. The van der Waals surface area contributed by atoms with Crippen molar-refractivity contribution in [1.82, 2.24) is 41.1 Å². The number of hydrogen-bond donors (Lipinski definition) is 6. The lowest BCUT2D eigenvalue weighted by molar-refractivity contribution is -0.122. The summed E-state index contributed by atoms with van der Waals surface area (Å²) in [4.78, 5) is 15.5. The van der Waals surface area contributed by atoms with Gasteiger partial charge in [-0.3, -0.25) is 13.9 Å². The maximum absolute atomic E-state index is 11.2. The third kappa shape index (κ3) is 24.6. The Labute approximate surface area is 365 Å². The predicted molar refractivity (Wildman–Crippen MR) is 254 cm³/mol. The van der Waals surface area contributed by atoms with Gasteiger partial charge in [-0.2, -0.15) is 0 Å². The van der Waals surface area contributed by atoms with Crippen molar-refractivity contribution in [3.63, 3.8) is 0 Å². The van der Waals surface area contributed by atoms with Gasteiger partial charge in [0.05, 0.1) is 12.2 Å². The monoisotopic (exact) mass is 863 g/mol. The van der Waals surface area contributed by atoms with Gasteiger partial charge in [0.2, 0.25) is 5.91 Å². The largest absolute Gasteiger partial charge is 0.391 e. The first-order valence-corrected chi connectivity index (χ1v) is 26.8. The molecule has 12 rings (SSSR count). The number of nitrogens with one attached hydrogen (secondary N) is 6. The van der Waals surface area contributed by atoms with Crippen molar-refractivity contribution < 1.29 is 13.7 Å². The highest BCUT2D eigenvalue weighted by Crippen LogP contribution is 2.33. The number of amides is 1. The third-order valence-electron chi connectivity index (χ3n) is 12.5. The average Bonchev–Trinajstić information content (AvgIpc) is 3.93. The highest BCUT2D eigenvalue weighted by atomic mass is 32.2. The lowest BCUT2D eigenvalue weighted by Gasteiger charge is -2.39. The Morgan fingerprint density at radius 2 is 1.34 bits per heavy atom. The second-order valence-electron chi connectivity index (χ2n) is 17.5. The Hall–Kier alpha value is -1.58. The Morgan fingerprint density at radius 1 is 0.678 bits per heavy atom. The van der Waals surface area contributed by atoms with Gasteiger partial charge in [0.25, 0.3) is 0 Å². The molecule has 0 aliphatic carbocycles. The molecule has 1 atom stereocenters. The molecule has 1 amide bonds. The number of fused-ring (bicyclic) bond motifs is 6. The number of hydrogen-bond acceptors (Lipinski definition) is 10. The maximum atomic E-state index is 11.2. The van der Waals surface area contributed by atoms with Gasteiger partial charge >= 0.3 is 0 Å². The van der Waals surface area contributed by atoms with Gasteiger partial charge in [-0.15, -0.1) is 11.8 Å². The van der Waals surface area contributed by atoms with Gasteiger partial charge in [-0.25, -0.2) is 4.72 Å². The first-order chi connectivity index (χ1) is 29.0. The van der Waals surface area contributed by atoms with Crippen LogP contribution in [0.1, 0.15) is 148 Å². The van der Waals surface area contributed by atoms with Gasteiger partial charge in [0, 0.05) is 85.8 Å². The van der Waals surface area contributed by atoms with Gasteiger partial charge in [0.15, 0.2) is 0 Å². The van der Waals surface area contributed by atoms with Gasteiger partial charge < -0.3 is 36.2 Å². The Morgan fingerprint density at radius 3 is 1.66 bits per heavy atom. The molecule has 59 heavy (non-hydrogen) atoms. The van der Waals surface area contributed by atoms with Crippen LogP contribution in [0, 0.1) is 0 Å². The van der Waals surface area contributed by atoms with Crippen LogP contribution >= 0.6 is 11.8 Å². The van der Waals surface area contributed by atoms with E-state index in [-0.39, 0.29) is 5.91 Å². The third-order valence-corrected chi connectivity index (χ3v) is 14.7. The molecule has 0 spiro atoms. The van der Waals surface area contributed by atoms with Crippen molar-refractivity contribution in [2.45, 2.75) is 172 Å². The van der Waals surface area contributed by atoms with Crippen molar-refractivity contribution in [2.24, 2.45) is 0 Å². The van der Waals surface area contributed by atoms with Gasteiger partial charge in [-0.05, 0) is 165 Å². The molecule has 1 unspecified atom stereocenters. The van der Waals surface area contributed by atoms with Gasteiger partial charge in [-0.1, -0.05) is 31.8 Å². The molecule has 0 aromatic heterocycles. The molecule has 0 aromatic rings. The molecule has 10 fully saturated rings. The number of rotatable bonds is 0. The molecule has 0 radical (unpaired) electrons. The van der Waals surface area contributed by atoms with Crippen molar-refractivity contribution in [2.75, 3.05) is 71.3 Å². The number of ether oxygens (including phenoxy) is 1.